The second-order valence-corrected chi connectivity index (χ2v) is 8.43. The summed E-state index contributed by atoms with van der Waals surface area (Å²) in [5.41, 5.74) is 1.60. The van der Waals surface area contributed by atoms with Gasteiger partial charge in [-0.1, -0.05) is 18.2 Å². The molecule has 0 saturated carbocycles. The van der Waals surface area contributed by atoms with Crippen molar-refractivity contribution in [2.24, 2.45) is 0 Å². The number of thiazole rings is 1. The molecule has 1 fully saturated rings. The van der Waals surface area contributed by atoms with Gasteiger partial charge in [0.1, 0.15) is 11.3 Å². The first kappa shape index (κ1) is 15.1. The summed E-state index contributed by atoms with van der Waals surface area (Å²) in [6.07, 6.45) is 0. The van der Waals surface area contributed by atoms with Gasteiger partial charge in [0, 0.05) is 28.0 Å². The van der Waals surface area contributed by atoms with E-state index in [1.54, 1.807) is 11.8 Å². The standard InChI is InChI=1S/C16H14N2O2S3/c19-15(14-9-21-5-6-22-14)18-16-17-11(8-23-16)13-7-10-3-1-2-4-12(10)20-13/h1-4,7-8,14H,5-6,9H2,(H,17,18,19). The molecule has 1 unspecified atom stereocenters. The average Bonchev–Trinajstić information content (AvgIpc) is 3.21. The van der Waals surface area contributed by atoms with Crippen LogP contribution in [0.15, 0.2) is 40.1 Å². The number of furan rings is 1. The summed E-state index contributed by atoms with van der Waals surface area (Å²) in [7, 11) is 0. The second-order valence-electron chi connectivity index (χ2n) is 5.11. The third-order valence-corrected chi connectivity index (χ3v) is 7.03. The lowest BCUT2D eigenvalue weighted by molar-refractivity contribution is -0.115. The lowest BCUT2D eigenvalue weighted by Crippen LogP contribution is -2.30. The summed E-state index contributed by atoms with van der Waals surface area (Å²) in [5.74, 6) is 3.81. The molecule has 2 aromatic heterocycles. The second kappa shape index (κ2) is 6.59. The number of nitrogens with one attached hydrogen (secondary N) is 1. The van der Waals surface area contributed by atoms with Gasteiger partial charge in [-0.05, 0) is 12.1 Å². The maximum atomic E-state index is 12.3. The van der Waals surface area contributed by atoms with E-state index < -0.39 is 0 Å². The Bertz CT molecular complexity index is 804. The summed E-state index contributed by atoms with van der Waals surface area (Å²) >= 11 is 4.98. The Morgan fingerprint density at radius 1 is 1.30 bits per heavy atom. The van der Waals surface area contributed by atoms with E-state index in [0.29, 0.717) is 5.13 Å². The van der Waals surface area contributed by atoms with Gasteiger partial charge >= 0.3 is 0 Å². The van der Waals surface area contributed by atoms with E-state index in [1.807, 2.05) is 47.5 Å². The van der Waals surface area contributed by atoms with Crippen LogP contribution in [0.4, 0.5) is 5.13 Å². The summed E-state index contributed by atoms with van der Waals surface area (Å²) in [6, 6.07) is 9.85. The van der Waals surface area contributed by atoms with Gasteiger partial charge in [-0.15, -0.1) is 23.1 Å². The summed E-state index contributed by atoms with van der Waals surface area (Å²) in [6.45, 7) is 0. The van der Waals surface area contributed by atoms with Crippen LogP contribution in [-0.2, 0) is 4.79 Å². The number of benzene rings is 1. The van der Waals surface area contributed by atoms with Crippen molar-refractivity contribution in [3.8, 4) is 11.5 Å². The van der Waals surface area contributed by atoms with Gasteiger partial charge in [0.15, 0.2) is 10.9 Å². The van der Waals surface area contributed by atoms with Gasteiger partial charge in [-0.25, -0.2) is 4.98 Å². The van der Waals surface area contributed by atoms with Crippen LogP contribution in [0.2, 0.25) is 0 Å². The molecule has 3 aromatic rings. The molecule has 1 amide bonds. The van der Waals surface area contributed by atoms with Crippen LogP contribution in [-0.4, -0.2) is 33.4 Å². The summed E-state index contributed by atoms with van der Waals surface area (Å²) in [4.78, 5) is 16.7. The lowest BCUT2D eigenvalue weighted by atomic mass is 10.2. The van der Waals surface area contributed by atoms with Crippen molar-refractivity contribution in [3.05, 3.63) is 35.7 Å². The summed E-state index contributed by atoms with van der Waals surface area (Å²) in [5, 5.41) is 6.54. The molecule has 0 bridgehead atoms. The molecule has 0 radical (unpaired) electrons. The molecular weight excluding hydrogens is 348 g/mol. The number of anilines is 1. The molecule has 118 valence electrons. The minimum Gasteiger partial charge on any atom is -0.454 e. The highest BCUT2D eigenvalue weighted by Gasteiger charge is 2.23. The first-order valence-corrected chi connectivity index (χ1v) is 10.3. The molecule has 1 saturated heterocycles. The zero-order valence-electron chi connectivity index (χ0n) is 12.2. The molecule has 4 rings (SSSR count). The number of nitrogens with zero attached hydrogens (tertiary/aromatic N) is 1. The van der Waals surface area contributed by atoms with Crippen molar-refractivity contribution in [3.63, 3.8) is 0 Å². The Hall–Kier alpha value is -1.44. The molecule has 0 aliphatic carbocycles. The third kappa shape index (κ3) is 3.27. The highest BCUT2D eigenvalue weighted by Crippen LogP contribution is 2.31. The van der Waals surface area contributed by atoms with Crippen molar-refractivity contribution >= 4 is 56.9 Å². The highest BCUT2D eigenvalue weighted by molar-refractivity contribution is 8.07. The maximum Gasteiger partial charge on any atom is 0.240 e. The van der Waals surface area contributed by atoms with Crippen LogP contribution < -0.4 is 5.32 Å². The molecule has 1 aromatic carbocycles. The van der Waals surface area contributed by atoms with E-state index in [2.05, 4.69) is 10.3 Å². The van der Waals surface area contributed by atoms with E-state index >= 15 is 0 Å². The van der Waals surface area contributed by atoms with Crippen molar-refractivity contribution in [2.45, 2.75) is 5.25 Å². The monoisotopic (exact) mass is 362 g/mol. The predicted molar refractivity (Wildman–Crippen MR) is 99.5 cm³/mol. The molecule has 4 nitrogen and oxygen atoms in total. The fourth-order valence-corrected chi connectivity index (χ4v) is 5.64. The fraction of sp³-hybridized carbons (Fsp3) is 0.250. The van der Waals surface area contributed by atoms with Gasteiger partial charge in [-0.2, -0.15) is 11.8 Å². The van der Waals surface area contributed by atoms with Crippen LogP contribution in [0.5, 0.6) is 0 Å². The lowest BCUT2D eigenvalue weighted by Gasteiger charge is -2.19. The van der Waals surface area contributed by atoms with Crippen molar-refractivity contribution in [2.75, 3.05) is 22.6 Å². The molecule has 1 aliphatic rings. The minimum absolute atomic E-state index is 0.0206. The number of aromatic nitrogens is 1. The maximum absolute atomic E-state index is 12.3. The van der Waals surface area contributed by atoms with Gasteiger partial charge in [0.25, 0.3) is 0 Å². The largest absolute Gasteiger partial charge is 0.454 e. The minimum atomic E-state index is 0.0206. The number of thioether (sulfide) groups is 2. The fourth-order valence-electron chi connectivity index (χ4n) is 2.38. The Labute approximate surface area is 146 Å². The van der Waals surface area contributed by atoms with Crippen LogP contribution in [0, 0.1) is 0 Å². The number of carbonyl (C=O) groups is 1. The van der Waals surface area contributed by atoms with Crippen LogP contribution in [0.25, 0.3) is 22.4 Å². The van der Waals surface area contributed by atoms with E-state index in [-0.39, 0.29) is 11.2 Å². The van der Waals surface area contributed by atoms with E-state index in [1.165, 1.54) is 11.3 Å². The number of para-hydroxylation sites is 1. The molecule has 1 aliphatic heterocycles. The molecule has 23 heavy (non-hydrogen) atoms. The van der Waals surface area contributed by atoms with Crippen LogP contribution >= 0.6 is 34.9 Å². The molecular formula is C16H14N2O2S3. The van der Waals surface area contributed by atoms with E-state index in [4.69, 9.17) is 4.42 Å². The van der Waals surface area contributed by atoms with Crippen molar-refractivity contribution in [1.82, 2.24) is 4.98 Å². The quantitative estimate of drug-likeness (QED) is 0.751. The number of carbonyl (C=O) groups excluding carboxylic acids is 1. The van der Waals surface area contributed by atoms with Gasteiger partial charge in [0.05, 0.1) is 5.25 Å². The molecule has 0 spiro atoms. The SMILES string of the molecule is O=C(Nc1nc(-c2cc3ccccc3o2)cs1)C1CSCCS1. The number of rotatable bonds is 3. The molecule has 1 N–H and O–H groups in total. The topological polar surface area (TPSA) is 55.1 Å². The average molecular weight is 363 g/mol. The predicted octanol–water partition coefficient (Wildman–Crippen LogP) is 4.34. The Balaban J connectivity index is 1.51. The number of hydrogen-bond donors (Lipinski definition) is 1. The molecule has 1 atom stereocenters. The van der Waals surface area contributed by atoms with Crippen LogP contribution in [0.1, 0.15) is 0 Å². The summed E-state index contributed by atoms with van der Waals surface area (Å²) < 4.78 is 5.81. The Morgan fingerprint density at radius 3 is 3.04 bits per heavy atom. The van der Waals surface area contributed by atoms with E-state index in [0.717, 1.165) is 39.7 Å². The number of amides is 1. The molecule has 7 heteroatoms. The third-order valence-electron chi connectivity index (χ3n) is 3.52. The Kier molecular flexibility index (Phi) is 4.33. The first-order valence-electron chi connectivity index (χ1n) is 7.24. The zero-order valence-corrected chi connectivity index (χ0v) is 14.6. The normalized spacial score (nSPS) is 18.2. The molecule has 3 heterocycles. The van der Waals surface area contributed by atoms with Gasteiger partial charge in [0.2, 0.25) is 5.91 Å². The highest BCUT2D eigenvalue weighted by atomic mass is 32.2. The van der Waals surface area contributed by atoms with Gasteiger partial charge < -0.3 is 9.73 Å². The van der Waals surface area contributed by atoms with Crippen molar-refractivity contribution in [1.29, 1.82) is 0 Å². The number of fused-ring (bicyclic) bond motifs is 1. The number of hydrogen-bond acceptors (Lipinski definition) is 6. The van der Waals surface area contributed by atoms with Crippen molar-refractivity contribution < 1.29 is 9.21 Å². The zero-order chi connectivity index (χ0) is 15.6. The first-order chi connectivity index (χ1) is 11.3. The van der Waals surface area contributed by atoms with Gasteiger partial charge in [-0.3, -0.25) is 4.79 Å². The van der Waals surface area contributed by atoms with Crippen LogP contribution in [0.3, 0.4) is 0 Å². The van der Waals surface area contributed by atoms with E-state index in [9.17, 15) is 4.79 Å². The Morgan fingerprint density at radius 2 is 2.22 bits per heavy atom. The smallest absolute Gasteiger partial charge is 0.240 e.